The molecular formula is C15H16BrClN2O. The van der Waals surface area contributed by atoms with Crippen LogP contribution in [-0.2, 0) is 24.7 Å². The van der Waals surface area contributed by atoms with Crippen LogP contribution >= 0.6 is 27.5 Å². The van der Waals surface area contributed by atoms with Crippen LogP contribution in [0.1, 0.15) is 22.5 Å². The van der Waals surface area contributed by atoms with Gasteiger partial charge < -0.3 is 0 Å². The van der Waals surface area contributed by atoms with E-state index in [0.717, 1.165) is 27.0 Å². The smallest absolute Gasteiger partial charge is 0.141 e. The molecule has 0 aliphatic rings. The van der Waals surface area contributed by atoms with Gasteiger partial charge in [-0.05, 0) is 31.5 Å². The van der Waals surface area contributed by atoms with Gasteiger partial charge in [-0.1, -0.05) is 33.6 Å². The second-order valence-electron chi connectivity index (χ2n) is 4.90. The van der Waals surface area contributed by atoms with Gasteiger partial charge in [-0.2, -0.15) is 5.10 Å². The number of hydrogen-bond acceptors (Lipinski definition) is 2. The maximum absolute atomic E-state index is 12.2. The maximum Gasteiger partial charge on any atom is 0.141 e. The number of benzene rings is 1. The predicted molar refractivity (Wildman–Crippen MR) is 84.2 cm³/mol. The molecule has 0 atom stereocenters. The van der Waals surface area contributed by atoms with Gasteiger partial charge >= 0.3 is 0 Å². The number of rotatable bonds is 4. The van der Waals surface area contributed by atoms with Crippen LogP contribution in [0.25, 0.3) is 0 Å². The number of carbonyl (C=O) groups excluding carboxylic acids is 1. The van der Waals surface area contributed by atoms with Crippen molar-refractivity contribution in [2.75, 3.05) is 0 Å². The number of halogens is 2. The quantitative estimate of drug-likeness (QED) is 0.836. The molecule has 1 aromatic heterocycles. The van der Waals surface area contributed by atoms with E-state index in [2.05, 4.69) is 21.0 Å². The van der Waals surface area contributed by atoms with E-state index in [4.69, 9.17) is 11.6 Å². The summed E-state index contributed by atoms with van der Waals surface area (Å²) in [6, 6.07) is 5.59. The minimum absolute atomic E-state index is 0.147. The first kappa shape index (κ1) is 15.3. The summed E-state index contributed by atoms with van der Waals surface area (Å²) in [5, 5.41) is 4.95. The Labute approximate surface area is 132 Å². The van der Waals surface area contributed by atoms with Crippen molar-refractivity contribution in [3.63, 3.8) is 0 Å². The van der Waals surface area contributed by atoms with E-state index in [1.54, 1.807) is 0 Å². The lowest BCUT2D eigenvalue weighted by molar-refractivity contribution is -0.117. The molecule has 0 N–H and O–H groups in total. The van der Waals surface area contributed by atoms with Crippen LogP contribution < -0.4 is 0 Å². The summed E-state index contributed by atoms with van der Waals surface area (Å²) < 4.78 is 2.72. The second-order valence-corrected chi connectivity index (χ2v) is 6.22. The predicted octanol–water partition coefficient (Wildman–Crippen LogP) is 3.81. The highest BCUT2D eigenvalue weighted by molar-refractivity contribution is 9.10. The van der Waals surface area contributed by atoms with Crippen molar-refractivity contribution in [2.24, 2.45) is 7.05 Å². The van der Waals surface area contributed by atoms with Gasteiger partial charge in [0.05, 0.1) is 5.69 Å². The number of hydrogen-bond donors (Lipinski definition) is 0. The summed E-state index contributed by atoms with van der Waals surface area (Å²) in [7, 11) is 1.89. The Bertz CT molecular complexity index is 664. The summed E-state index contributed by atoms with van der Waals surface area (Å²) in [5.74, 6) is 0.147. The number of Topliss-reactive ketones (excluding diaryl/α,β-unsaturated/α-hetero) is 1. The van der Waals surface area contributed by atoms with E-state index < -0.39 is 0 Å². The van der Waals surface area contributed by atoms with E-state index in [9.17, 15) is 4.79 Å². The molecule has 0 amide bonds. The standard InChI is InChI=1S/C15H16BrClN2O/c1-9-14(10(2)19(3)18-9)8-13(20)6-11-4-5-12(16)7-15(11)17/h4-5,7H,6,8H2,1-3H3. The van der Waals surface area contributed by atoms with Crippen LogP contribution in [0.15, 0.2) is 22.7 Å². The molecule has 3 nitrogen and oxygen atoms in total. The lowest BCUT2D eigenvalue weighted by Crippen LogP contribution is -2.08. The molecule has 0 radical (unpaired) electrons. The third-order valence-electron chi connectivity index (χ3n) is 3.44. The molecule has 0 spiro atoms. The zero-order valence-corrected chi connectivity index (χ0v) is 14.0. The maximum atomic E-state index is 12.2. The molecule has 0 fully saturated rings. The highest BCUT2D eigenvalue weighted by Crippen LogP contribution is 2.22. The second kappa shape index (κ2) is 6.10. The van der Waals surface area contributed by atoms with Gasteiger partial charge in [-0.3, -0.25) is 9.48 Å². The fourth-order valence-electron chi connectivity index (χ4n) is 2.21. The fourth-order valence-corrected chi connectivity index (χ4v) is 2.95. The lowest BCUT2D eigenvalue weighted by Gasteiger charge is -2.05. The van der Waals surface area contributed by atoms with Crippen LogP contribution in [0.5, 0.6) is 0 Å². The molecule has 1 heterocycles. The Morgan fingerprint density at radius 3 is 2.60 bits per heavy atom. The van der Waals surface area contributed by atoms with Gasteiger partial charge in [0.25, 0.3) is 0 Å². The van der Waals surface area contributed by atoms with Gasteiger partial charge in [-0.15, -0.1) is 0 Å². The van der Waals surface area contributed by atoms with Gasteiger partial charge in [-0.25, -0.2) is 0 Å². The number of ketones is 1. The molecule has 2 rings (SSSR count). The van der Waals surface area contributed by atoms with Gasteiger partial charge in [0.15, 0.2) is 0 Å². The summed E-state index contributed by atoms with van der Waals surface area (Å²) in [6.45, 7) is 3.91. The minimum Gasteiger partial charge on any atom is -0.299 e. The van der Waals surface area contributed by atoms with Crippen molar-refractivity contribution in [3.8, 4) is 0 Å². The molecule has 2 aromatic rings. The molecule has 106 valence electrons. The van der Waals surface area contributed by atoms with E-state index in [0.29, 0.717) is 17.9 Å². The molecule has 5 heteroatoms. The normalized spacial score (nSPS) is 10.8. The Morgan fingerprint density at radius 1 is 1.35 bits per heavy atom. The SMILES string of the molecule is Cc1nn(C)c(C)c1CC(=O)Cc1ccc(Br)cc1Cl. The topological polar surface area (TPSA) is 34.9 Å². The fraction of sp³-hybridized carbons (Fsp3) is 0.333. The molecule has 0 saturated carbocycles. The first-order chi connectivity index (χ1) is 9.38. The van der Waals surface area contributed by atoms with Crippen molar-refractivity contribution in [1.82, 2.24) is 9.78 Å². The molecule has 1 aromatic carbocycles. The molecular weight excluding hydrogens is 340 g/mol. The highest BCUT2D eigenvalue weighted by Gasteiger charge is 2.14. The highest BCUT2D eigenvalue weighted by atomic mass is 79.9. The molecule has 0 saturated heterocycles. The van der Waals surface area contributed by atoms with Crippen molar-refractivity contribution >= 4 is 33.3 Å². The van der Waals surface area contributed by atoms with Crippen molar-refractivity contribution in [2.45, 2.75) is 26.7 Å². The van der Waals surface area contributed by atoms with Crippen LogP contribution in [-0.4, -0.2) is 15.6 Å². The first-order valence-electron chi connectivity index (χ1n) is 6.33. The summed E-state index contributed by atoms with van der Waals surface area (Å²) in [6.07, 6.45) is 0.748. The zero-order chi connectivity index (χ0) is 14.9. The molecule has 0 aliphatic heterocycles. The van der Waals surface area contributed by atoms with Gasteiger partial charge in [0.2, 0.25) is 0 Å². The number of aromatic nitrogens is 2. The largest absolute Gasteiger partial charge is 0.299 e. The van der Waals surface area contributed by atoms with Crippen LogP contribution in [0.3, 0.4) is 0 Å². The average molecular weight is 356 g/mol. The Kier molecular flexibility index (Phi) is 4.66. The monoisotopic (exact) mass is 354 g/mol. The summed E-state index contributed by atoms with van der Waals surface area (Å²) in [5.41, 5.74) is 3.84. The summed E-state index contributed by atoms with van der Waals surface area (Å²) in [4.78, 5) is 12.2. The molecule has 0 bridgehead atoms. The molecule has 0 unspecified atom stereocenters. The number of carbonyl (C=O) groups is 1. The average Bonchev–Trinajstić information content (AvgIpc) is 2.60. The van der Waals surface area contributed by atoms with Crippen LogP contribution in [0, 0.1) is 13.8 Å². The van der Waals surface area contributed by atoms with Crippen molar-refractivity contribution in [3.05, 3.63) is 50.2 Å². The van der Waals surface area contributed by atoms with Crippen LogP contribution in [0.2, 0.25) is 5.02 Å². The number of aryl methyl sites for hydroxylation is 2. The third-order valence-corrected chi connectivity index (χ3v) is 4.28. The zero-order valence-electron chi connectivity index (χ0n) is 11.7. The summed E-state index contributed by atoms with van der Waals surface area (Å²) >= 11 is 9.50. The Hall–Kier alpha value is -1.13. The van der Waals surface area contributed by atoms with Crippen molar-refractivity contribution in [1.29, 1.82) is 0 Å². The van der Waals surface area contributed by atoms with Gasteiger partial charge in [0, 0.05) is 40.6 Å². The van der Waals surface area contributed by atoms with Crippen molar-refractivity contribution < 1.29 is 4.79 Å². The van der Waals surface area contributed by atoms with E-state index in [-0.39, 0.29) is 5.78 Å². The molecule has 0 aliphatic carbocycles. The lowest BCUT2D eigenvalue weighted by atomic mass is 10.0. The van der Waals surface area contributed by atoms with E-state index in [1.165, 1.54) is 0 Å². The van der Waals surface area contributed by atoms with E-state index in [1.807, 2.05) is 43.8 Å². The minimum atomic E-state index is 0.147. The van der Waals surface area contributed by atoms with Gasteiger partial charge in [0.1, 0.15) is 5.78 Å². The van der Waals surface area contributed by atoms with Crippen LogP contribution in [0.4, 0.5) is 0 Å². The first-order valence-corrected chi connectivity index (χ1v) is 7.50. The van der Waals surface area contributed by atoms with E-state index >= 15 is 0 Å². The molecule has 20 heavy (non-hydrogen) atoms. The third kappa shape index (κ3) is 3.30. The Balaban J connectivity index is 2.13. The Morgan fingerprint density at radius 2 is 2.05 bits per heavy atom. The number of nitrogens with zero attached hydrogens (tertiary/aromatic N) is 2.